The molecule has 0 aromatic heterocycles. The number of hydrogen-bond donors (Lipinski definition) is 1. The van der Waals surface area contributed by atoms with Crippen molar-refractivity contribution in [3.8, 4) is 5.75 Å². The van der Waals surface area contributed by atoms with Crippen LogP contribution in [-0.2, 0) is 6.54 Å². The monoisotopic (exact) mass is 322 g/mol. The van der Waals surface area contributed by atoms with Gasteiger partial charge in [0.15, 0.2) is 0 Å². The lowest BCUT2D eigenvalue weighted by molar-refractivity contribution is 0.233. The van der Waals surface area contributed by atoms with E-state index >= 15 is 0 Å². The van der Waals surface area contributed by atoms with Crippen molar-refractivity contribution in [3.63, 3.8) is 0 Å². The Bertz CT molecular complexity index is 393. The molecule has 0 bridgehead atoms. The molecule has 4 nitrogen and oxygen atoms in total. The third-order valence-electron chi connectivity index (χ3n) is 3.85. The highest BCUT2D eigenvalue weighted by molar-refractivity contribution is 5.27. The Labute approximate surface area is 142 Å². The fraction of sp³-hybridized carbons (Fsp3) is 0.684. The lowest BCUT2D eigenvalue weighted by Gasteiger charge is -2.22. The summed E-state index contributed by atoms with van der Waals surface area (Å²) in [5, 5.41) is 8.95. The summed E-state index contributed by atoms with van der Waals surface area (Å²) >= 11 is 0. The summed E-state index contributed by atoms with van der Waals surface area (Å²) in [7, 11) is 4.10. The molecule has 0 saturated heterocycles. The lowest BCUT2D eigenvalue weighted by atomic mass is 10.2. The fourth-order valence-electron chi connectivity index (χ4n) is 2.39. The van der Waals surface area contributed by atoms with Gasteiger partial charge in [-0.3, -0.25) is 4.90 Å². The predicted octanol–water partition coefficient (Wildman–Crippen LogP) is 3.00. The van der Waals surface area contributed by atoms with Gasteiger partial charge in [-0.2, -0.15) is 0 Å². The number of aliphatic hydroxyl groups is 1. The van der Waals surface area contributed by atoms with Gasteiger partial charge in [-0.25, -0.2) is 0 Å². The van der Waals surface area contributed by atoms with Gasteiger partial charge in [0.2, 0.25) is 0 Å². The van der Waals surface area contributed by atoms with E-state index in [9.17, 15) is 0 Å². The van der Waals surface area contributed by atoms with Gasteiger partial charge in [0, 0.05) is 19.7 Å². The third-order valence-corrected chi connectivity index (χ3v) is 3.85. The van der Waals surface area contributed by atoms with Gasteiger partial charge < -0.3 is 14.7 Å². The summed E-state index contributed by atoms with van der Waals surface area (Å²) in [6.45, 7) is 7.33. The second kappa shape index (κ2) is 12.3. The van der Waals surface area contributed by atoms with E-state index < -0.39 is 0 Å². The molecule has 0 radical (unpaired) electrons. The van der Waals surface area contributed by atoms with Crippen LogP contribution in [0, 0.1) is 0 Å². The van der Waals surface area contributed by atoms with Gasteiger partial charge in [0.25, 0.3) is 0 Å². The Balaban J connectivity index is 2.44. The van der Waals surface area contributed by atoms with Crippen LogP contribution < -0.4 is 4.74 Å². The summed E-state index contributed by atoms with van der Waals surface area (Å²) < 4.78 is 5.74. The highest BCUT2D eigenvalue weighted by Gasteiger charge is 2.06. The molecule has 0 heterocycles. The molecule has 0 saturated carbocycles. The van der Waals surface area contributed by atoms with E-state index in [1.807, 2.05) is 14.1 Å². The maximum atomic E-state index is 8.95. The minimum Gasteiger partial charge on any atom is -0.492 e. The highest BCUT2D eigenvalue weighted by atomic mass is 16.5. The van der Waals surface area contributed by atoms with Gasteiger partial charge in [-0.15, -0.1) is 0 Å². The second-order valence-corrected chi connectivity index (χ2v) is 6.36. The number of rotatable bonds is 13. The smallest absolute Gasteiger partial charge is 0.119 e. The van der Waals surface area contributed by atoms with Crippen molar-refractivity contribution in [2.24, 2.45) is 0 Å². The van der Waals surface area contributed by atoms with Crippen LogP contribution in [0.3, 0.4) is 0 Å². The van der Waals surface area contributed by atoms with Crippen LogP contribution in [0.2, 0.25) is 0 Å². The van der Waals surface area contributed by atoms with Crippen molar-refractivity contribution in [2.75, 3.05) is 46.9 Å². The minimum absolute atomic E-state index is 0.292. The Hall–Kier alpha value is -1.10. The number of aliphatic hydroxyl groups excluding tert-OH is 1. The lowest BCUT2D eigenvalue weighted by Crippen LogP contribution is -2.25. The molecule has 0 fully saturated rings. The van der Waals surface area contributed by atoms with Crippen LogP contribution in [0.5, 0.6) is 5.75 Å². The van der Waals surface area contributed by atoms with Gasteiger partial charge in [0.05, 0.1) is 0 Å². The first-order valence-corrected chi connectivity index (χ1v) is 8.85. The van der Waals surface area contributed by atoms with Crippen LogP contribution in [-0.4, -0.2) is 61.8 Å². The molecule has 0 atom stereocenters. The zero-order valence-electron chi connectivity index (χ0n) is 15.1. The molecular formula is C19H34N2O2. The summed E-state index contributed by atoms with van der Waals surface area (Å²) in [6.07, 6.45) is 4.40. The van der Waals surface area contributed by atoms with Crippen molar-refractivity contribution in [2.45, 2.75) is 39.2 Å². The van der Waals surface area contributed by atoms with Crippen molar-refractivity contribution in [1.82, 2.24) is 9.80 Å². The first kappa shape index (κ1) is 19.9. The molecular weight excluding hydrogens is 288 g/mol. The Morgan fingerprint density at radius 3 is 2.26 bits per heavy atom. The molecule has 4 heteroatoms. The maximum absolute atomic E-state index is 8.95. The van der Waals surface area contributed by atoms with E-state index in [1.165, 1.54) is 18.4 Å². The summed E-state index contributed by atoms with van der Waals surface area (Å²) in [6, 6.07) is 8.46. The molecule has 0 amide bonds. The maximum Gasteiger partial charge on any atom is 0.119 e. The molecule has 1 aromatic rings. The number of nitrogens with zero attached hydrogens (tertiary/aromatic N) is 2. The molecule has 0 unspecified atom stereocenters. The Morgan fingerprint density at radius 1 is 0.957 bits per heavy atom. The van der Waals surface area contributed by atoms with E-state index in [-0.39, 0.29) is 0 Å². The summed E-state index contributed by atoms with van der Waals surface area (Å²) in [5.74, 6) is 0.941. The quantitative estimate of drug-likeness (QED) is 0.566. The van der Waals surface area contributed by atoms with E-state index in [0.717, 1.165) is 51.4 Å². The number of unbranched alkanes of at least 4 members (excludes halogenated alkanes) is 2. The molecule has 0 aliphatic carbocycles. The molecule has 0 aliphatic heterocycles. The van der Waals surface area contributed by atoms with Crippen LogP contribution in [0.15, 0.2) is 24.3 Å². The average Bonchev–Trinajstić information content (AvgIpc) is 2.54. The van der Waals surface area contributed by atoms with Crippen LogP contribution >= 0.6 is 0 Å². The van der Waals surface area contributed by atoms with Crippen molar-refractivity contribution < 1.29 is 9.84 Å². The van der Waals surface area contributed by atoms with E-state index in [0.29, 0.717) is 6.61 Å². The number of likely N-dealkylation sites (N-methyl/N-ethyl adjacent to an activating group) is 1. The van der Waals surface area contributed by atoms with Crippen molar-refractivity contribution >= 4 is 0 Å². The Kier molecular flexibility index (Phi) is 10.7. The topological polar surface area (TPSA) is 35.9 Å². The van der Waals surface area contributed by atoms with Crippen molar-refractivity contribution in [3.05, 3.63) is 29.8 Å². The fourth-order valence-corrected chi connectivity index (χ4v) is 2.39. The van der Waals surface area contributed by atoms with Gasteiger partial charge in [0.1, 0.15) is 12.4 Å². The summed E-state index contributed by atoms with van der Waals surface area (Å²) in [4.78, 5) is 4.60. The van der Waals surface area contributed by atoms with Crippen LogP contribution in [0.25, 0.3) is 0 Å². The first-order chi connectivity index (χ1) is 11.2. The standard InChI is InChI=1S/C19H34N2O2/c1-4-5-12-21(13-6-7-15-22)17-18-8-10-19(11-9-18)23-16-14-20(2)3/h8-11,22H,4-7,12-17H2,1-3H3. The summed E-state index contributed by atoms with van der Waals surface area (Å²) in [5.41, 5.74) is 1.32. The van der Waals surface area contributed by atoms with E-state index in [4.69, 9.17) is 9.84 Å². The molecule has 132 valence electrons. The largest absolute Gasteiger partial charge is 0.492 e. The number of benzene rings is 1. The van der Waals surface area contributed by atoms with Crippen molar-refractivity contribution in [1.29, 1.82) is 0 Å². The molecule has 1 N–H and O–H groups in total. The zero-order chi connectivity index (χ0) is 16.9. The Morgan fingerprint density at radius 2 is 1.65 bits per heavy atom. The minimum atomic E-state index is 0.292. The molecule has 0 aliphatic rings. The highest BCUT2D eigenvalue weighted by Crippen LogP contribution is 2.14. The van der Waals surface area contributed by atoms with E-state index in [2.05, 4.69) is 41.0 Å². The second-order valence-electron chi connectivity index (χ2n) is 6.36. The number of hydrogen-bond acceptors (Lipinski definition) is 4. The molecule has 0 spiro atoms. The SMILES string of the molecule is CCCCN(CCCCO)Cc1ccc(OCCN(C)C)cc1. The molecule has 1 aromatic carbocycles. The zero-order valence-corrected chi connectivity index (χ0v) is 15.1. The first-order valence-electron chi connectivity index (χ1n) is 8.85. The average molecular weight is 322 g/mol. The van der Waals surface area contributed by atoms with Gasteiger partial charge >= 0.3 is 0 Å². The normalized spacial score (nSPS) is 11.4. The van der Waals surface area contributed by atoms with Crippen LogP contribution in [0.4, 0.5) is 0 Å². The third kappa shape index (κ3) is 9.59. The van der Waals surface area contributed by atoms with Gasteiger partial charge in [-0.05, 0) is 64.1 Å². The van der Waals surface area contributed by atoms with Gasteiger partial charge in [-0.1, -0.05) is 25.5 Å². The van der Waals surface area contributed by atoms with E-state index in [1.54, 1.807) is 0 Å². The van der Waals surface area contributed by atoms with Crippen LogP contribution in [0.1, 0.15) is 38.2 Å². The predicted molar refractivity (Wildman–Crippen MR) is 97.0 cm³/mol. The molecule has 1 rings (SSSR count). The molecule has 23 heavy (non-hydrogen) atoms. The number of ether oxygens (including phenoxy) is 1.